The zero-order valence-electron chi connectivity index (χ0n) is 19.4. The monoisotopic (exact) mass is 476 g/mol. The minimum absolute atomic E-state index is 0.134. The predicted molar refractivity (Wildman–Crippen MR) is 129 cm³/mol. The van der Waals surface area contributed by atoms with Crippen molar-refractivity contribution in [3.63, 3.8) is 0 Å². The number of aryl methyl sites for hydroxylation is 1. The van der Waals surface area contributed by atoms with E-state index in [4.69, 9.17) is 9.47 Å². The largest absolute Gasteiger partial charge is 0.494 e. The van der Waals surface area contributed by atoms with Crippen LogP contribution >= 0.6 is 0 Å². The molecule has 4 aromatic rings. The van der Waals surface area contributed by atoms with Crippen LogP contribution in [0.3, 0.4) is 0 Å². The molecule has 1 aliphatic heterocycles. The normalized spacial score (nSPS) is 13.8. The van der Waals surface area contributed by atoms with Gasteiger partial charge in [-0.3, -0.25) is 14.1 Å². The number of hydrogen-bond donors (Lipinski definition) is 2. The van der Waals surface area contributed by atoms with Gasteiger partial charge in [-0.25, -0.2) is 14.4 Å². The number of amides is 1. The van der Waals surface area contributed by atoms with Gasteiger partial charge in [-0.15, -0.1) is 0 Å². The lowest BCUT2D eigenvalue weighted by Gasteiger charge is -2.15. The van der Waals surface area contributed by atoms with Gasteiger partial charge in [0, 0.05) is 35.8 Å². The Morgan fingerprint density at radius 1 is 1.23 bits per heavy atom. The van der Waals surface area contributed by atoms with Gasteiger partial charge >= 0.3 is 0 Å². The molecule has 0 radical (unpaired) electrons. The summed E-state index contributed by atoms with van der Waals surface area (Å²) in [7, 11) is 1.43. The summed E-state index contributed by atoms with van der Waals surface area (Å²) in [6, 6.07) is 10.3. The van der Waals surface area contributed by atoms with Gasteiger partial charge in [-0.2, -0.15) is 0 Å². The van der Waals surface area contributed by atoms with Crippen molar-refractivity contribution in [2.24, 2.45) is 0 Å². The number of halogens is 1. The summed E-state index contributed by atoms with van der Waals surface area (Å²) >= 11 is 0. The molecule has 0 saturated carbocycles. The summed E-state index contributed by atoms with van der Waals surface area (Å²) in [5, 5.41) is 6.21. The summed E-state index contributed by atoms with van der Waals surface area (Å²) in [6.45, 7) is 4.36. The van der Waals surface area contributed by atoms with Gasteiger partial charge in [0.1, 0.15) is 6.73 Å². The molecule has 2 aromatic carbocycles. The van der Waals surface area contributed by atoms with E-state index in [2.05, 4.69) is 20.6 Å². The maximum Gasteiger partial charge on any atom is 0.252 e. The van der Waals surface area contributed by atoms with E-state index in [0.717, 1.165) is 23.5 Å². The van der Waals surface area contributed by atoms with Crippen molar-refractivity contribution in [3.05, 3.63) is 71.9 Å². The molecule has 5 rings (SSSR count). The Morgan fingerprint density at radius 3 is 2.86 bits per heavy atom. The van der Waals surface area contributed by atoms with Crippen LogP contribution in [0.4, 0.5) is 15.9 Å². The topological polar surface area (TPSA) is 93.0 Å². The summed E-state index contributed by atoms with van der Waals surface area (Å²) < 4.78 is 26.4. The number of anilines is 2. The van der Waals surface area contributed by atoms with E-state index in [1.165, 1.54) is 13.2 Å². The fraction of sp³-hybridized carbons (Fsp3) is 0.240. The Balaban J connectivity index is 1.35. The number of hydrogen-bond acceptors (Lipinski definition) is 7. The number of rotatable bonds is 7. The number of ether oxygens (including phenoxy) is 2. The fourth-order valence-electron chi connectivity index (χ4n) is 4.03. The molecule has 0 unspecified atom stereocenters. The maximum atomic E-state index is 14.2. The van der Waals surface area contributed by atoms with Crippen LogP contribution in [0, 0.1) is 12.7 Å². The van der Waals surface area contributed by atoms with Gasteiger partial charge < -0.3 is 20.1 Å². The molecule has 1 amide bonds. The summed E-state index contributed by atoms with van der Waals surface area (Å²) in [5.74, 6) is 0.147. The van der Waals surface area contributed by atoms with Gasteiger partial charge in [0.25, 0.3) is 5.91 Å². The van der Waals surface area contributed by atoms with Crippen molar-refractivity contribution in [2.75, 3.05) is 39.0 Å². The number of fused-ring (bicyclic) bond motifs is 1. The Kier molecular flexibility index (Phi) is 6.30. The predicted octanol–water partition coefficient (Wildman–Crippen LogP) is 3.57. The van der Waals surface area contributed by atoms with Crippen LogP contribution < -0.4 is 15.4 Å². The highest BCUT2D eigenvalue weighted by Crippen LogP contribution is 2.28. The molecule has 2 aromatic heterocycles. The van der Waals surface area contributed by atoms with Crippen LogP contribution in [0.1, 0.15) is 15.9 Å². The maximum absolute atomic E-state index is 14.2. The number of carbonyl (C=O) groups is 1. The lowest BCUT2D eigenvalue weighted by molar-refractivity contribution is 0.0900. The van der Waals surface area contributed by atoms with Crippen molar-refractivity contribution in [1.82, 2.24) is 24.6 Å². The summed E-state index contributed by atoms with van der Waals surface area (Å²) in [4.78, 5) is 23.6. The van der Waals surface area contributed by atoms with Gasteiger partial charge in [0.05, 0.1) is 32.3 Å². The van der Waals surface area contributed by atoms with Crippen molar-refractivity contribution in [3.8, 4) is 17.0 Å². The van der Waals surface area contributed by atoms with Crippen molar-refractivity contribution < 1.29 is 18.7 Å². The molecular weight excluding hydrogens is 451 g/mol. The second kappa shape index (κ2) is 9.69. The first-order valence-electron chi connectivity index (χ1n) is 11.2. The highest BCUT2D eigenvalue weighted by Gasteiger charge is 2.16. The van der Waals surface area contributed by atoms with E-state index in [1.807, 2.05) is 28.4 Å². The SMILES string of the molecule is COc1ccc(-c2cnc3c(Nc4ccc(C(=O)NCN5CCOC5)c(C)c4)nccn23)cc1F. The average Bonchev–Trinajstić information content (AvgIpc) is 3.53. The van der Waals surface area contributed by atoms with Crippen LogP contribution in [-0.4, -0.2) is 58.8 Å². The number of aromatic nitrogens is 3. The number of imidazole rings is 1. The first-order chi connectivity index (χ1) is 17.0. The van der Waals surface area contributed by atoms with Gasteiger partial charge in [-0.05, 0) is 48.9 Å². The third-order valence-electron chi connectivity index (χ3n) is 5.90. The first-order valence-corrected chi connectivity index (χ1v) is 11.2. The fourth-order valence-corrected chi connectivity index (χ4v) is 4.03. The van der Waals surface area contributed by atoms with Crippen LogP contribution in [0.15, 0.2) is 55.0 Å². The third kappa shape index (κ3) is 4.66. The van der Waals surface area contributed by atoms with Crippen LogP contribution in [0.25, 0.3) is 16.9 Å². The van der Waals surface area contributed by atoms with E-state index >= 15 is 0 Å². The zero-order valence-corrected chi connectivity index (χ0v) is 19.4. The first kappa shape index (κ1) is 22.8. The van der Waals surface area contributed by atoms with E-state index in [-0.39, 0.29) is 11.7 Å². The van der Waals surface area contributed by atoms with Crippen molar-refractivity contribution in [2.45, 2.75) is 6.92 Å². The lowest BCUT2D eigenvalue weighted by atomic mass is 10.1. The third-order valence-corrected chi connectivity index (χ3v) is 5.90. The van der Waals surface area contributed by atoms with Gasteiger partial charge in [-0.1, -0.05) is 0 Å². The van der Waals surface area contributed by atoms with E-state index < -0.39 is 5.82 Å². The van der Waals surface area contributed by atoms with Crippen LogP contribution in [0.2, 0.25) is 0 Å². The van der Waals surface area contributed by atoms with Crippen molar-refractivity contribution >= 4 is 23.1 Å². The summed E-state index contributed by atoms with van der Waals surface area (Å²) in [6.07, 6.45) is 5.10. The second-order valence-corrected chi connectivity index (χ2v) is 8.21. The molecule has 2 N–H and O–H groups in total. The Bertz CT molecular complexity index is 1380. The summed E-state index contributed by atoms with van der Waals surface area (Å²) in [5.41, 5.74) is 4.18. The molecule has 10 heteroatoms. The van der Waals surface area contributed by atoms with E-state index in [1.54, 1.807) is 36.8 Å². The van der Waals surface area contributed by atoms with E-state index in [9.17, 15) is 9.18 Å². The van der Waals surface area contributed by atoms with Crippen LogP contribution in [-0.2, 0) is 4.74 Å². The average molecular weight is 477 g/mol. The second-order valence-electron chi connectivity index (χ2n) is 8.21. The van der Waals surface area contributed by atoms with Crippen LogP contribution in [0.5, 0.6) is 5.75 Å². The molecule has 0 spiro atoms. The molecule has 0 aliphatic carbocycles. The standard InChI is InChI=1S/C25H25FN6O3/c1-16-11-18(4-5-19(16)25(33)29-14-31-9-10-35-15-31)30-23-24-28-13-21(32(24)8-7-27-23)17-3-6-22(34-2)20(26)12-17/h3-8,11-13H,9-10,14-15H2,1-2H3,(H,27,30)(H,29,33). The molecule has 3 heterocycles. The lowest BCUT2D eigenvalue weighted by Crippen LogP contribution is -2.36. The number of carbonyl (C=O) groups excluding carboxylic acids is 1. The van der Waals surface area contributed by atoms with E-state index in [0.29, 0.717) is 42.6 Å². The molecule has 9 nitrogen and oxygen atoms in total. The minimum Gasteiger partial charge on any atom is -0.494 e. The van der Waals surface area contributed by atoms with Gasteiger partial charge in [0.2, 0.25) is 0 Å². The zero-order chi connectivity index (χ0) is 24.4. The molecule has 1 fully saturated rings. The highest BCUT2D eigenvalue weighted by atomic mass is 19.1. The molecule has 0 atom stereocenters. The molecule has 180 valence electrons. The molecule has 1 aliphatic rings. The molecule has 1 saturated heterocycles. The number of methoxy groups -OCH3 is 1. The number of nitrogens with one attached hydrogen (secondary N) is 2. The molecule has 35 heavy (non-hydrogen) atoms. The Hall–Kier alpha value is -4.02. The van der Waals surface area contributed by atoms with Gasteiger partial charge in [0.15, 0.2) is 23.0 Å². The van der Waals surface area contributed by atoms with Crippen molar-refractivity contribution in [1.29, 1.82) is 0 Å². The highest BCUT2D eigenvalue weighted by molar-refractivity contribution is 5.96. The minimum atomic E-state index is -0.444. The smallest absolute Gasteiger partial charge is 0.252 e. The number of nitrogens with zero attached hydrogens (tertiary/aromatic N) is 4. The molecule has 0 bridgehead atoms. The quantitative estimate of drug-likeness (QED) is 0.421. The Morgan fingerprint density at radius 2 is 2.11 bits per heavy atom. The number of benzene rings is 2. The molecular formula is C25H25FN6O3. The Labute approximate surface area is 201 Å².